The smallest absolute Gasteiger partial charge is 0.305 e. The number of nitrogens with zero attached hydrogens (tertiary/aromatic N) is 4. The van der Waals surface area contributed by atoms with Gasteiger partial charge in [-0.3, -0.25) is 9.59 Å². The molecule has 1 N–H and O–H groups in total. The molecule has 1 amide bonds. The van der Waals surface area contributed by atoms with Gasteiger partial charge < -0.3 is 14.6 Å². The summed E-state index contributed by atoms with van der Waals surface area (Å²) < 4.78 is 1.82. The Morgan fingerprint density at radius 2 is 1.84 bits per heavy atom. The molecule has 4 rings (SSSR count). The van der Waals surface area contributed by atoms with Gasteiger partial charge in [0, 0.05) is 19.6 Å². The van der Waals surface area contributed by atoms with Gasteiger partial charge in [-0.05, 0) is 36.3 Å². The fourth-order valence-electron chi connectivity index (χ4n) is 3.65. The number of benzene rings is 1. The topological polar surface area (TPSA) is 88.3 Å². The van der Waals surface area contributed by atoms with E-state index in [9.17, 15) is 14.7 Å². The van der Waals surface area contributed by atoms with Crippen LogP contribution in [0.2, 0.25) is 0 Å². The standard InChI is InChI=1S/C22H24N4O3S2/c27-18(28)11-14-26-20(17-10-7-15-30-17)23-24-22(26)31-19(16-8-3-1-4-9-16)21(29)25-12-5-2-6-13-25/h1,3-4,7-10,15,19H,2,5-6,11-14H2,(H,27,28)/t19-/m1/s1. The molecule has 1 atom stereocenters. The molecular weight excluding hydrogens is 432 g/mol. The number of carboxylic acid groups (broad SMARTS) is 1. The highest BCUT2D eigenvalue weighted by Gasteiger charge is 2.30. The van der Waals surface area contributed by atoms with Crippen molar-refractivity contribution in [3.63, 3.8) is 0 Å². The quantitative estimate of drug-likeness (QED) is 0.508. The fraction of sp³-hybridized carbons (Fsp3) is 0.364. The van der Waals surface area contributed by atoms with Crippen LogP contribution in [-0.2, 0) is 16.1 Å². The maximum absolute atomic E-state index is 13.5. The number of rotatable bonds is 8. The van der Waals surface area contributed by atoms with Gasteiger partial charge in [0.2, 0.25) is 5.91 Å². The van der Waals surface area contributed by atoms with Crippen molar-refractivity contribution in [2.45, 2.75) is 42.6 Å². The van der Waals surface area contributed by atoms with E-state index in [1.807, 2.05) is 57.3 Å². The zero-order valence-corrected chi connectivity index (χ0v) is 18.6. The minimum absolute atomic E-state index is 0.0416. The van der Waals surface area contributed by atoms with Crippen molar-refractivity contribution in [3.05, 3.63) is 53.4 Å². The third-order valence-electron chi connectivity index (χ3n) is 5.23. The van der Waals surface area contributed by atoms with Crippen molar-refractivity contribution in [3.8, 4) is 10.7 Å². The maximum atomic E-state index is 13.5. The average molecular weight is 457 g/mol. The van der Waals surface area contributed by atoms with Crippen LogP contribution < -0.4 is 0 Å². The van der Waals surface area contributed by atoms with Gasteiger partial charge in [0.1, 0.15) is 5.25 Å². The minimum Gasteiger partial charge on any atom is -0.481 e. The number of thioether (sulfide) groups is 1. The van der Waals surface area contributed by atoms with Crippen LogP contribution in [0, 0.1) is 0 Å². The van der Waals surface area contributed by atoms with E-state index in [2.05, 4.69) is 10.2 Å². The molecule has 1 aromatic carbocycles. The van der Waals surface area contributed by atoms with Gasteiger partial charge in [0.15, 0.2) is 11.0 Å². The summed E-state index contributed by atoms with van der Waals surface area (Å²) in [5.41, 5.74) is 0.911. The second-order valence-corrected chi connectivity index (χ2v) is 9.39. The lowest BCUT2D eigenvalue weighted by Crippen LogP contribution is -2.38. The Hall–Kier alpha value is -2.65. The summed E-state index contributed by atoms with van der Waals surface area (Å²) in [5, 5.41) is 20.0. The molecule has 3 aromatic rings. The van der Waals surface area contributed by atoms with Crippen LogP contribution in [0.5, 0.6) is 0 Å². The summed E-state index contributed by atoms with van der Waals surface area (Å²) in [6, 6.07) is 13.6. The largest absolute Gasteiger partial charge is 0.481 e. The summed E-state index contributed by atoms with van der Waals surface area (Å²) in [6.45, 7) is 1.79. The third kappa shape index (κ3) is 5.16. The normalized spacial score (nSPS) is 15.0. The van der Waals surface area contributed by atoms with Gasteiger partial charge in [-0.1, -0.05) is 48.2 Å². The zero-order chi connectivity index (χ0) is 21.6. The number of hydrogen-bond acceptors (Lipinski definition) is 6. The lowest BCUT2D eigenvalue weighted by Gasteiger charge is -2.30. The monoisotopic (exact) mass is 456 g/mol. The first-order valence-electron chi connectivity index (χ1n) is 10.3. The third-order valence-corrected chi connectivity index (χ3v) is 7.31. The minimum atomic E-state index is -0.884. The van der Waals surface area contributed by atoms with Crippen LogP contribution >= 0.6 is 23.1 Å². The number of likely N-dealkylation sites (tertiary alicyclic amines) is 1. The number of amides is 1. The molecule has 0 saturated carbocycles. The van der Waals surface area contributed by atoms with Gasteiger partial charge in [-0.25, -0.2) is 0 Å². The first kappa shape index (κ1) is 21.6. The molecule has 1 aliphatic heterocycles. The lowest BCUT2D eigenvalue weighted by molar-refractivity contribution is -0.137. The molecule has 0 spiro atoms. The number of aromatic nitrogens is 3. The molecule has 7 nitrogen and oxygen atoms in total. The molecule has 9 heteroatoms. The second-order valence-electron chi connectivity index (χ2n) is 7.37. The molecule has 31 heavy (non-hydrogen) atoms. The summed E-state index contributed by atoms with van der Waals surface area (Å²) in [6.07, 6.45) is 3.16. The first-order valence-corrected chi connectivity index (χ1v) is 12.1. The van der Waals surface area contributed by atoms with Gasteiger partial charge in [0.25, 0.3) is 0 Å². The Labute approximate surface area is 189 Å². The van der Waals surface area contributed by atoms with Crippen molar-refractivity contribution in [2.24, 2.45) is 0 Å². The van der Waals surface area contributed by atoms with Crippen molar-refractivity contribution in [2.75, 3.05) is 13.1 Å². The molecule has 1 fully saturated rings. The molecule has 0 aliphatic carbocycles. The van der Waals surface area contributed by atoms with Crippen LogP contribution in [0.3, 0.4) is 0 Å². The van der Waals surface area contributed by atoms with Crippen molar-refractivity contribution in [1.82, 2.24) is 19.7 Å². The van der Waals surface area contributed by atoms with E-state index in [1.165, 1.54) is 23.1 Å². The van der Waals surface area contributed by atoms with E-state index in [1.54, 1.807) is 0 Å². The van der Waals surface area contributed by atoms with E-state index < -0.39 is 11.2 Å². The van der Waals surface area contributed by atoms with Crippen molar-refractivity contribution >= 4 is 35.0 Å². The number of aliphatic carboxylic acids is 1. The summed E-state index contributed by atoms with van der Waals surface area (Å²) >= 11 is 2.88. The Morgan fingerprint density at radius 3 is 2.52 bits per heavy atom. The highest BCUT2D eigenvalue weighted by atomic mass is 32.2. The number of thiophene rings is 1. The van der Waals surface area contributed by atoms with E-state index in [0.29, 0.717) is 11.0 Å². The Kier molecular flexibility index (Phi) is 7.03. The Morgan fingerprint density at radius 1 is 1.06 bits per heavy atom. The van der Waals surface area contributed by atoms with Gasteiger partial charge >= 0.3 is 5.97 Å². The molecule has 162 valence electrons. The van der Waals surface area contributed by atoms with Gasteiger partial charge in [0.05, 0.1) is 11.3 Å². The predicted octanol–water partition coefficient (Wildman–Crippen LogP) is 4.33. The zero-order valence-electron chi connectivity index (χ0n) is 17.0. The Bertz CT molecular complexity index is 1010. The van der Waals surface area contributed by atoms with Gasteiger partial charge in [-0.15, -0.1) is 21.5 Å². The molecule has 2 aromatic heterocycles. The fourth-order valence-corrected chi connectivity index (χ4v) is 5.51. The van der Waals surface area contributed by atoms with Crippen LogP contribution in [0.15, 0.2) is 53.0 Å². The van der Waals surface area contributed by atoms with Crippen LogP contribution in [0.4, 0.5) is 0 Å². The highest BCUT2D eigenvalue weighted by molar-refractivity contribution is 8.00. The summed E-state index contributed by atoms with van der Waals surface area (Å²) in [4.78, 5) is 27.6. The molecular formula is C22H24N4O3S2. The van der Waals surface area contributed by atoms with Crippen LogP contribution in [0.25, 0.3) is 10.7 Å². The number of carboxylic acids is 1. The SMILES string of the molecule is O=C(O)CCn1c(S[C@@H](C(=O)N2CCCCC2)c2ccccc2)nnc1-c1cccs1. The number of carbonyl (C=O) groups is 2. The molecule has 1 saturated heterocycles. The molecule has 0 bridgehead atoms. The molecule has 1 aliphatic rings. The van der Waals surface area contributed by atoms with Crippen LogP contribution in [-0.4, -0.2) is 49.7 Å². The molecule has 0 radical (unpaired) electrons. The average Bonchev–Trinajstić information content (AvgIpc) is 3.46. The number of piperidine rings is 1. The summed E-state index contributed by atoms with van der Waals surface area (Å²) in [7, 11) is 0. The predicted molar refractivity (Wildman–Crippen MR) is 121 cm³/mol. The molecule has 0 unspecified atom stereocenters. The van der Waals surface area contributed by atoms with E-state index in [-0.39, 0.29) is 18.9 Å². The van der Waals surface area contributed by atoms with E-state index in [4.69, 9.17) is 0 Å². The lowest BCUT2D eigenvalue weighted by atomic mass is 10.1. The highest BCUT2D eigenvalue weighted by Crippen LogP contribution is 2.38. The van der Waals surface area contributed by atoms with E-state index >= 15 is 0 Å². The van der Waals surface area contributed by atoms with Crippen molar-refractivity contribution < 1.29 is 14.7 Å². The van der Waals surface area contributed by atoms with Crippen molar-refractivity contribution in [1.29, 1.82) is 0 Å². The number of hydrogen-bond donors (Lipinski definition) is 1. The second kappa shape index (κ2) is 10.1. The summed E-state index contributed by atoms with van der Waals surface area (Å²) in [5.74, 6) is -0.178. The van der Waals surface area contributed by atoms with Crippen LogP contribution in [0.1, 0.15) is 36.5 Å². The molecule has 3 heterocycles. The maximum Gasteiger partial charge on any atom is 0.305 e. The van der Waals surface area contributed by atoms with E-state index in [0.717, 1.165) is 42.8 Å². The van der Waals surface area contributed by atoms with Gasteiger partial charge in [-0.2, -0.15) is 0 Å². The number of carbonyl (C=O) groups excluding carboxylic acids is 1. The first-order chi connectivity index (χ1) is 15.1. The Balaban J connectivity index is 1.67.